The lowest BCUT2D eigenvalue weighted by molar-refractivity contribution is 0.428. The lowest BCUT2D eigenvalue weighted by atomic mass is 10.2. The number of fused-ring (bicyclic) bond motifs is 4. The first kappa shape index (κ1) is 61.3. The van der Waals surface area contributed by atoms with Crippen LogP contribution in [0.3, 0.4) is 0 Å². The fourth-order valence-electron chi connectivity index (χ4n) is 7.64. The molecule has 0 radical (unpaired) electrons. The van der Waals surface area contributed by atoms with E-state index >= 15 is 0 Å². The van der Waals surface area contributed by atoms with Gasteiger partial charge in [-0.15, -0.1) is 0 Å². The molecule has 5 aromatic carbocycles. The van der Waals surface area contributed by atoms with Crippen molar-refractivity contribution in [3.63, 3.8) is 0 Å². The van der Waals surface area contributed by atoms with Gasteiger partial charge in [-0.2, -0.15) is 80.4 Å². The summed E-state index contributed by atoms with van der Waals surface area (Å²) < 4.78 is 218. The molecule has 44 heteroatoms. The summed E-state index contributed by atoms with van der Waals surface area (Å²) in [4.78, 5) is 26.9. The highest BCUT2D eigenvalue weighted by Gasteiger charge is 2.35. The first-order valence-electron chi connectivity index (χ1n) is 22.2. The topological polar surface area (TPSA) is 519 Å². The van der Waals surface area contributed by atoms with Gasteiger partial charge in [0.1, 0.15) is 41.9 Å². The Morgan fingerprint density at radius 2 is 0.714 bits per heavy atom. The maximum absolute atomic E-state index is 13.0. The highest BCUT2D eigenvalue weighted by molar-refractivity contribution is 7.87. The summed E-state index contributed by atoms with van der Waals surface area (Å²) in [5, 5.41) is 13.7. The zero-order chi connectivity index (χ0) is 61.2. The van der Waals surface area contributed by atoms with E-state index in [1.165, 1.54) is 24.3 Å². The molecule has 0 bridgehead atoms. The van der Waals surface area contributed by atoms with Crippen LogP contribution in [0.15, 0.2) is 100 Å². The van der Waals surface area contributed by atoms with E-state index in [4.69, 9.17) is 55.9 Å². The number of hydrogen-bond acceptors (Lipinski definition) is 28. The fraction of sp³-hybridized carbons (Fsp3) is 0.100. The van der Waals surface area contributed by atoms with Crippen molar-refractivity contribution in [2.24, 2.45) is 9.98 Å². The molecule has 34 nitrogen and oxygen atoms in total. The van der Waals surface area contributed by atoms with Gasteiger partial charge >= 0.3 is 0 Å². The number of benzene rings is 5. The van der Waals surface area contributed by atoms with Crippen LogP contribution in [0.2, 0.25) is 20.6 Å². The van der Waals surface area contributed by atoms with E-state index in [2.05, 4.69) is 71.8 Å². The lowest BCUT2D eigenvalue weighted by Gasteiger charge is -2.24. The van der Waals surface area contributed by atoms with Gasteiger partial charge in [0.15, 0.2) is 32.8 Å². The normalized spacial score (nSPS) is 13.1. The van der Waals surface area contributed by atoms with Gasteiger partial charge in [-0.3, -0.25) is 27.3 Å². The average molecular weight is 1360 g/mol. The van der Waals surface area contributed by atoms with Crippen molar-refractivity contribution in [1.29, 1.82) is 0 Å². The summed E-state index contributed by atoms with van der Waals surface area (Å²) in [5.74, 6) is -3.25. The minimum atomic E-state index is -5.19. The molecule has 2 aromatic heterocycles. The molecule has 9 rings (SSSR count). The molecule has 0 fully saturated rings. The second-order valence-electron chi connectivity index (χ2n) is 16.6. The zero-order valence-electron chi connectivity index (χ0n) is 40.5. The van der Waals surface area contributed by atoms with Crippen LogP contribution in [0.25, 0.3) is 0 Å². The van der Waals surface area contributed by atoms with Gasteiger partial charge < -0.3 is 41.4 Å². The Morgan fingerprint density at radius 1 is 0.381 bits per heavy atom. The molecule has 0 spiro atoms. The standard InChI is InChI=1S/C40H30Cl4N14O20S6/c41-25-28-32(78-30-20(50-28)6-8-22(34(30)84(74,75)76)46-10-12-48-38-54-36(44)56-40(58-38)52-18-4-2-16(80(62,63)64)14-24(18)82(68,69)70)26(42)27-31(25)77-29-19(49-27)5-7-21(33(29)83(71,72)73)45-9-11-47-37-53-35(43)55-39(57-37)51-17-3-1-15(79(59,60)61)13-23(17)81(65,66)67/h1-8,13-14,45-46H,9-12H2,(H,59,60,61)(H,62,63,64)(H,65,66,67)(H,68,69,70)(H,71,72,73)(H,74,75,76)(H2,47,51,53,55,57)(H2,48,52,54,56,58). The minimum Gasteiger partial charge on any atom is -0.450 e. The van der Waals surface area contributed by atoms with Gasteiger partial charge in [0.2, 0.25) is 34.4 Å². The third-order valence-electron chi connectivity index (χ3n) is 11.0. The second-order valence-corrected chi connectivity index (χ2v) is 26.4. The van der Waals surface area contributed by atoms with Crippen LogP contribution < -0.4 is 52.1 Å². The van der Waals surface area contributed by atoms with E-state index in [0.29, 0.717) is 12.1 Å². The van der Waals surface area contributed by atoms with Crippen LogP contribution >= 0.6 is 46.4 Å². The van der Waals surface area contributed by atoms with Gasteiger partial charge in [-0.1, -0.05) is 23.2 Å². The van der Waals surface area contributed by atoms with Crippen LogP contribution in [0.5, 0.6) is 23.0 Å². The number of ether oxygens (including phenoxy) is 2. The minimum absolute atomic E-state index is 0.142. The molecule has 0 saturated heterocycles. The smallest absolute Gasteiger partial charge is 0.300 e. The monoisotopic (exact) mass is 1360 g/mol. The summed E-state index contributed by atoms with van der Waals surface area (Å²) in [6.07, 6.45) is 0. The van der Waals surface area contributed by atoms with Crippen LogP contribution in [-0.2, 0) is 60.7 Å². The molecular weight excluding hydrogens is 1330 g/mol. The summed E-state index contributed by atoms with van der Waals surface area (Å²) in [6, 6.07) is 9.24. The SMILES string of the molecule is O=S(=O)(O)c1ccc(Nc2nc(Cl)nc(NCCNc3ccc4c(c3S(=O)(=O)O)Oc3c(Cl)c5c(c(Cl)c3=N4)Oc3c(ccc(NCCNc4nc(Cl)nc(Nc6ccc(S(=O)(=O)O)cc6S(=O)(=O)O)n4)c3S(=O)(=O)O)N=5)n2)c(S(=O)(=O)O)c1. The summed E-state index contributed by atoms with van der Waals surface area (Å²) >= 11 is 25.7. The molecule has 4 heterocycles. The maximum atomic E-state index is 13.0. The van der Waals surface area contributed by atoms with Gasteiger partial charge in [0.25, 0.3) is 60.7 Å². The Balaban J connectivity index is 0.913. The Bertz CT molecular complexity index is 4530. The Morgan fingerprint density at radius 3 is 1.05 bits per heavy atom. The van der Waals surface area contributed by atoms with Crippen LogP contribution in [-0.4, -0.2) is 134 Å². The Kier molecular flexibility index (Phi) is 16.5. The fourth-order valence-corrected chi connectivity index (χ4v) is 12.6. The van der Waals surface area contributed by atoms with E-state index in [0.717, 1.165) is 24.3 Å². The number of hydrogen-bond donors (Lipinski definition) is 12. The largest absolute Gasteiger partial charge is 0.450 e. The number of halogens is 4. The van der Waals surface area contributed by atoms with Gasteiger partial charge in [-0.25, -0.2) is 9.98 Å². The van der Waals surface area contributed by atoms with Gasteiger partial charge in [0.05, 0.1) is 32.5 Å². The van der Waals surface area contributed by atoms with E-state index < -0.39 is 157 Å². The Labute approximate surface area is 491 Å². The van der Waals surface area contributed by atoms with E-state index in [1.54, 1.807) is 0 Å². The quantitative estimate of drug-likeness (QED) is 0.0360. The van der Waals surface area contributed by atoms with Crippen LogP contribution in [0.4, 0.5) is 57.9 Å². The van der Waals surface area contributed by atoms with Crippen molar-refractivity contribution in [2.75, 3.05) is 58.1 Å². The highest BCUT2D eigenvalue weighted by Crippen LogP contribution is 2.49. The molecule has 0 aliphatic carbocycles. The van der Waals surface area contributed by atoms with Crippen molar-refractivity contribution >= 4 is 165 Å². The molecule has 12 N–H and O–H groups in total. The molecule has 7 aromatic rings. The van der Waals surface area contributed by atoms with Crippen molar-refractivity contribution in [1.82, 2.24) is 29.9 Å². The third-order valence-corrected chi connectivity index (χ3v) is 17.4. The van der Waals surface area contributed by atoms with Crippen LogP contribution in [0, 0.1) is 0 Å². The van der Waals surface area contributed by atoms with E-state index in [1.807, 2.05) is 0 Å². The summed E-state index contributed by atoms with van der Waals surface area (Å²) in [7, 11) is -30.4. The number of anilines is 8. The molecule has 2 aliphatic heterocycles. The predicted molar refractivity (Wildman–Crippen MR) is 293 cm³/mol. The molecule has 0 atom stereocenters. The molecule has 0 saturated carbocycles. The maximum Gasteiger partial charge on any atom is 0.300 e. The molecular formula is C40H30Cl4N14O20S6. The van der Waals surface area contributed by atoms with Crippen LogP contribution in [0.1, 0.15) is 0 Å². The van der Waals surface area contributed by atoms with Gasteiger partial charge in [-0.05, 0) is 83.9 Å². The first-order chi connectivity index (χ1) is 39.0. The average Bonchev–Trinajstić information content (AvgIpc) is 0.896. The molecule has 0 amide bonds. The first-order valence-corrected chi connectivity index (χ1v) is 32.3. The number of nitrogens with one attached hydrogen (secondary N) is 6. The summed E-state index contributed by atoms with van der Waals surface area (Å²) in [6.45, 7) is -0.633. The van der Waals surface area contributed by atoms with Crippen molar-refractivity contribution in [3.05, 3.63) is 92.0 Å². The van der Waals surface area contributed by atoms with Crippen molar-refractivity contribution < 1.29 is 87.3 Å². The van der Waals surface area contributed by atoms with Crippen molar-refractivity contribution in [2.45, 2.75) is 29.4 Å². The lowest BCUT2D eigenvalue weighted by Crippen LogP contribution is -2.24. The number of nitrogens with zero attached hydrogens (tertiary/aromatic N) is 8. The molecule has 444 valence electrons. The predicted octanol–water partition coefficient (Wildman–Crippen LogP) is 4.80. The number of aromatic nitrogens is 6. The van der Waals surface area contributed by atoms with Gasteiger partial charge in [0, 0.05) is 26.2 Å². The summed E-state index contributed by atoms with van der Waals surface area (Å²) in [5.41, 5.74) is -1.85. The molecule has 84 heavy (non-hydrogen) atoms. The van der Waals surface area contributed by atoms with Crippen molar-refractivity contribution in [3.8, 4) is 23.0 Å². The third kappa shape index (κ3) is 13.3. The number of rotatable bonds is 20. The highest BCUT2D eigenvalue weighted by atomic mass is 35.5. The van der Waals surface area contributed by atoms with E-state index in [9.17, 15) is 77.8 Å². The van der Waals surface area contributed by atoms with E-state index in [-0.39, 0.29) is 71.5 Å². The second kappa shape index (κ2) is 22.6. The Hall–Kier alpha value is -7.26. The molecule has 0 unspecified atom stereocenters. The molecule has 2 aliphatic rings. The zero-order valence-corrected chi connectivity index (χ0v) is 48.5.